The second kappa shape index (κ2) is 7.17. The molecule has 2 amide bonds. The summed E-state index contributed by atoms with van der Waals surface area (Å²) < 4.78 is 5.66. The number of carbonyl (C=O) groups excluding carboxylic acids is 2. The van der Waals surface area contributed by atoms with Crippen LogP contribution in [0.15, 0.2) is 60.8 Å². The Morgan fingerprint density at radius 1 is 1.06 bits per heavy atom. The third-order valence-electron chi connectivity index (χ3n) is 5.46. The molecule has 5 rings (SSSR count). The van der Waals surface area contributed by atoms with Crippen molar-refractivity contribution in [3.05, 3.63) is 77.6 Å². The first-order valence-electron chi connectivity index (χ1n) is 9.46. The Labute approximate surface area is 179 Å². The highest BCUT2D eigenvalue weighted by Gasteiger charge is 2.52. The van der Waals surface area contributed by atoms with Crippen LogP contribution in [-0.4, -0.2) is 40.0 Å². The molecule has 8 nitrogen and oxygen atoms in total. The molecule has 158 valence electrons. The Morgan fingerprint density at radius 2 is 1.81 bits per heavy atom. The van der Waals surface area contributed by atoms with Gasteiger partial charge in [-0.15, -0.1) is 0 Å². The third kappa shape index (κ3) is 2.79. The number of hydrogen-bond donors (Lipinski definition) is 1. The van der Waals surface area contributed by atoms with E-state index in [1.54, 1.807) is 74.8 Å². The molecule has 0 radical (unpaired) electrons. The fourth-order valence-corrected chi connectivity index (χ4v) is 3.95. The predicted molar refractivity (Wildman–Crippen MR) is 115 cm³/mol. The lowest BCUT2D eigenvalue weighted by atomic mass is 9.97. The molecule has 1 N–H and O–H groups in total. The first-order chi connectivity index (χ1) is 14.4. The average Bonchev–Trinajstić information content (AvgIpc) is 3.00. The molecule has 4 heterocycles. The highest BCUT2D eigenvalue weighted by molar-refractivity contribution is 6.12. The van der Waals surface area contributed by atoms with E-state index >= 15 is 0 Å². The molecular formula is C23H22N4O4. The van der Waals surface area contributed by atoms with E-state index in [-0.39, 0.29) is 25.0 Å². The van der Waals surface area contributed by atoms with Crippen molar-refractivity contribution in [2.75, 3.05) is 16.8 Å². The van der Waals surface area contributed by atoms with Gasteiger partial charge in [0.1, 0.15) is 11.5 Å². The molecule has 0 bridgehead atoms. The number of pyridine rings is 2. The second-order valence-electron chi connectivity index (χ2n) is 7.22. The maximum atomic E-state index is 13.3. The molecule has 2 aliphatic rings. The minimum Gasteiger partial charge on any atom is -0.463 e. The van der Waals surface area contributed by atoms with Crippen LogP contribution < -0.4 is 14.5 Å². The molecule has 8 heteroatoms. The molecule has 3 aromatic rings. The number of benzene rings is 1. The van der Waals surface area contributed by atoms with Gasteiger partial charge in [0.2, 0.25) is 11.6 Å². The van der Waals surface area contributed by atoms with Crippen molar-refractivity contribution in [3.8, 4) is 5.88 Å². The van der Waals surface area contributed by atoms with Gasteiger partial charge in [0.15, 0.2) is 6.10 Å². The summed E-state index contributed by atoms with van der Waals surface area (Å²) in [5.74, 6) is -0.182. The molecule has 0 spiro atoms. The van der Waals surface area contributed by atoms with Gasteiger partial charge >= 0.3 is 0 Å². The summed E-state index contributed by atoms with van der Waals surface area (Å²) in [6.45, 7) is 1.64. The zero-order valence-electron chi connectivity index (χ0n) is 16.3. The number of fused-ring (bicyclic) bond motifs is 2. The number of carbonyl (C=O) groups is 2. The van der Waals surface area contributed by atoms with Crippen LogP contribution in [-0.2, 0) is 10.5 Å². The average molecular weight is 418 g/mol. The van der Waals surface area contributed by atoms with E-state index < -0.39 is 17.7 Å². The molecular weight excluding hydrogens is 396 g/mol. The third-order valence-corrected chi connectivity index (χ3v) is 5.46. The lowest BCUT2D eigenvalue weighted by Gasteiger charge is -2.34. The van der Waals surface area contributed by atoms with Crippen LogP contribution in [0.25, 0.3) is 0 Å². The standard InChI is InChI=1S/C22H18N4O4.CH4/c1-13-20(27)25(2)16-10-11-18(24-19(16)30-13)26-21(28)14-7-3-4-8-15(14)22(26,29)17-9-5-6-12-23-17;/h3-13,29H,1-2H3;1H4. The summed E-state index contributed by atoms with van der Waals surface area (Å²) in [6, 6.07) is 15.2. The lowest BCUT2D eigenvalue weighted by Crippen LogP contribution is -2.46. The van der Waals surface area contributed by atoms with E-state index in [2.05, 4.69) is 9.97 Å². The number of anilines is 2. The maximum Gasteiger partial charge on any atom is 0.267 e. The van der Waals surface area contributed by atoms with Gasteiger partial charge in [-0.3, -0.25) is 19.5 Å². The van der Waals surface area contributed by atoms with Crippen LogP contribution in [0.1, 0.15) is 36.0 Å². The molecule has 0 fully saturated rings. The Kier molecular flexibility index (Phi) is 4.74. The number of rotatable bonds is 2. The molecule has 2 unspecified atom stereocenters. The molecule has 1 aromatic carbocycles. The van der Waals surface area contributed by atoms with Gasteiger partial charge in [-0.2, -0.15) is 4.98 Å². The van der Waals surface area contributed by atoms with Crippen LogP contribution in [0.5, 0.6) is 5.88 Å². The molecule has 0 saturated carbocycles. The normalized spacial score (nSPS) is 21.8. The minimum atomic E-state index is -1.84. The highest BCUT2D eigenvalue weighted by Crippen LogP contribution is 2.45. The van der Waals surface area contributed by atoms with E-state index in [1.807, 2.05) is 0 Å². The van der Waals surface area contributed by atoms with Crippen molar-refractivity contribution < 1.29 is 19.4 Å². The Balaban J connectivity index is 0.00000231. The van der Waals surface area contributed by atoms with Gasteiger partial charge in [-0.05, 0) is 37.3 Å². The predicted octanol–water partition coefficient (Wildman–Crippen LogP) is 2.71. The van der Waals surface area contributed by atoms with E-state index in [0.717, 1.165) is 0 Å². The monoisotopic (exact) mass is 418 g/mol. The smallest absolute Gasteiger partial charge is 0.267 e. The lowest BCUT2D eigenvalue weighted by molar-refractivity contribution is -0.125. The summed E-state index contributed by atoms with van der Waals surface area (Å²) in [4.78, 5) is 37.0. The van der Waals surface area contributed by atoms with Gasteiger partial charge in [-0.25, -0.2) is 0 Å². The first-order valence-corrected chi connectivity index (χ1v) is 9.46. The number of aromatic nitrogens is 2. The van der Waals surface area contributed by atoms with Crippen LogP contribution in [0.4, 0.5) is 11.5 Å². The molecule has 31 heavy (non-hydrogen) atoms. The number of hydrogen-bond acceptors (Lipinski definition) is 6. The van der Waals surface area contributed by atoms with Crippen molar-refractivity contribution in [2.24, 2.45) is 0 Å². The molecule has 2 aliphatic heterocycles. The van der Waals surface area contributed by atoms with Gasteiger partial charge in [-0.1, -0.05) is 31.7 Å². The van der Waals surface area contributed by atoms with Gasteiger partial charge in [0.25, 0.3) is 11.8 Å². The fraction of sp³-hybridized carbons (Fsp3) is 0.217. The van der Waals surface area contributed by atoms with E-state index in [9.17, 15) is 14.7 Å². The fourth-order valence-electron chi connectivity index (χ4n) is 3.95. The Morgan fingerprint density at radius 3 is 2.55 bits per heavy atom. The zero-order chi connectivity index (χ0) is 21.0. The Hall–Kier alpha value is -3.78. The van der Waals surface area contributed by atoms with Crippen molar-refractivity contribution >= 4 is 23.3 Å². The highest BCUT2D eigenvalue weighted by atomic mass is 16.5. The number of ether oxygens (including phenoxy) is 1. The van der Waals surface area contributed by atoms with Gasteiger partial charge in [0.05, 0.1) is 5.69 Å². The van der Waals surface area contributed by atoms with Crippen molar-refractivity contribution in [3.63, 3.8) is 0 Å². The Bertz CT molecular complexity index is 1180. The van der Waals surface area contributed by atoms with Crippen LogP contribution in [0, 0.1) is 0 Å². The number of nitrogens with zero attached hydrogens (tertiary/aromatic N) is 4. The van der Waals surface area contributed by atoms with Crippen molar-refractivity contribution in [1.29, 1.82) is 0 Å². The first kappa shape index (κ1) is 20.5. The van der Waals surface area contributed by atoms with Crippen LogP contribution in [0.2, 0.25) is 0 Å². The molecule has 0 saturated heterocycles. The summed E-state index contributed by atoms with van der Waals surface area (Å²) in [7, 11) is 1.64. The quantitative estimate of drug-likeness (QED) is 0.688. The second-order valence-corrected chi connectivity index (χ2v) is 7.22. The number of amides is 2. The largest absolute Gasteiger partial charge is 0.463 e. The van der Waals surface area contributed by atoms with E-state index in [1.165, 1.54) is 9.80 Å². The minimum absolute atomic E-state index is 0. The van der Waals surface area contributed by atoms with Crippen molar-refractivity contribution in [1.82, 2.24) is 9.97 Å². The van der Waals surface area contributed by atoms with Crippen molar-refractivity contribution in [2.45, 2.75) is 26.2 Å². The summed E-state index contributed by atoms with van der Waals surface area (Å²) >= 11 is 0. The molecule has 0 aliphatic carbocycles. The molecule has 2 aromatic heterocycles. The SMILES string of the molecule is C.CC1Oc2nc(N3C(=O)c4ccccc4C3(O)c3ccccn3)ccc2N(C)C1=O. The summed E-state index contributed by atoms with van der Waals surface area (Å²) in [5, 5.41) is 11.8. The van der Waals surface area contributed by atoms with Gasteiger partial charge in [0, 0.05) is 24.4 Å². The summed E-state index contributed by atoms with van der Waals surface area (Å²) in [6.07, 6.45) is 0.856. The zero-order valence-corrected chi connectivity index (χ0v) is 16.3. The van der Waals surface area contributed by atoms with Gasteiger partial charge < -0.3 is 14.7 Å². The number of likely N-dealkylation sites (N-methyl/N-ethyl adjacent to an activating group) is 1. The molecule has 2 atom stereocenters. The van der Waals surface area contributed by atoms with Crippen LogP contribution >= 0.6 is 0 Å². The number of aliphatic hydroxyl groups is 1. The van der Waals surface area contributed by atoms with E-state index in [0.29, 0.717) is 22.5 Å². The topological polar surface area (TPSA) is 95.9 Å². The van der Waals surface area contributed by atoms with E-state index in [4.69, 9.17) is 4.74 Å². The summed E-state index contributed by atoms with van der Waals surface area (Å²) in [5.41, 5.74) is -0.253. The van der Waals surface area contributed by atoms with Crippen LogP contribution in [0.3, 0.4) is 0 Å². The maximum absolute atomic E-state index is 13.3.